The van der Waals surface area contributed by atoms with Crippen molar-refractivity contribution >= 4 is 21.6 Å². The molecule has 0 radical (unpaired) electrons. The molecule has 1 fully saturated rings. The SMILES string of the molecule is CCCNC(=O)[C@@H]1C[C@H](S(=O)(=O)c2ccccc2C(F)(F)F)CN1c1ccnc(C#N)n1. The van der Waals surface area contributed by atoms with Gasteiger partial charge in [0.25, 0.3) is 0 Å². The Kier molecular flexibility index (Phi) is 6.68. The number of sulfone groups is 1. The average Bonchev–Trinajstić information content (AvgIpc) is 3.23. The van der Waals surface area contributed by atoms with Gasteiger partial charge in [0.1, 0.15) is 17.9 Å². The molecule has 170 valence electrons. The lowest BCUT2D eigenvalue weighted by atomic mass is 10.2. The first-order valence-electron chi connectivity index (χ1n) is 9.77. The van der Waals surface area contributed by atoms with Crippen LogP contribution < -0.4 is 10.2 Å². The largest absolute Gasteiger partial charge is 0.417 e. The maximum Gasteiger partial charge on any atom is 0.417 e. The van der Waals surface area contributed by atoms with E-state index >= 15 is 0 Å². The Morgan fingerprint density at radius 2 is 2.03 bits per heavy atom. The van der Waals surface area contributed by atoms with Crippen LogP contribution in [-0.2, 0) is 20.8 Å². The minimum atomic E-state index is -4.85. The van der Waals surface area contributed by atoms with E-state index in [0.29, 0.717) is 19.0 Å². The summed E-state index contributed by atoms with van der Waals surface area (Å²) in [5.41, 5.74) is -1.25. The van der Waals surface area contributed by atoms with Crippen LogP contribution >= 0.6 is 0 Å². The van der Waals surface area contributed by atoms with Gasteiger partial charge in [-0.3, -0.25) is 4.79 Å². The van der Waals surface area contributed by atoms with Gasteiger partial charge in [0.2, 0.25) is 11.7 Å². The van der Waals surface area contributed by atoms with Crippen LogP contribution in [0.5, 0.6) is 0 Å². The summed E-state index contributed by atoms with van der Waals surface area (Å²) in [6, 6.07) is 6.18. The van der Waals surface area contributed by atoms with Crippen LogP contribution in [0, 0.1) is 11.3 Å². The summed E-state index contributed by atoms with van der Waals surface area (Å²) in [6.45, 7) is 1.93. The van der Waals surface area contributed by atoms with E-state index in [0.717, 1.165) is 12.1 Å². The third kappa shape index (κ3) is 4.67. The van der Waals surface area contributed by atoms with Crippen molar-refractivity contribution in [1.82, 2.24) is 15.3 Å². The molecule has 2 heterocycles. The Morgan fingerprint density at radius 1 is 1.31 bits per heavy atom. The van der Waals surface area contributed by atoms with Gasteiger partial charge in [-0.1, -0.05) is 19.1 Å². The highest BCUT2D eigenvalue weighted by Gasteiger charge is 2.46. The molecule has 8 nitrogen and oxygen atoms in total. The van der Waals surface area contributed by atoms with E-state index in [1.165, 1.54) is 23.2 Å². The molecule has 32 heavy (non-hydrogen) atoms. The van der Waals surface area contributed by atoms with Crippen LogP contribution in [0.25, 0.3) is 0 Å². The summed E-state index contributed by atoms with van der Waals surface area (Å²) < 4.78 is 66.8. The van der Waals surface area contributed by atoms with Crippen molar-refractivity contribution in [2.24, 2.45) is 0 Å². The molecular weight excluding hydrogens is 447 g/mol. The molecule has 0 aliphatic carbocycles. The number of rotatable bonds is 6. The van der Waals surface area contributed by atoms with Crippen LogP contribution in [0.2, 0.25) is 0 Å². The molecular formula is C20H20F3N5O3S. The first kappa shape index (κ1) is 23.5. The van der Waals surface area contributed by atoms with E-state index in [9.17, 15) is 26.4 Å². The Morgan fingerprint density at radius 3 is 2.69 bits per heavy atom. The highest BCUT2D eigenvalue weighted by molar-refractivity contribution is 7.92. The molecule has 0 unspecified atom stereocenters. The molecule has 0 spiro atoms. The summed E-state index contributed by atoms with van der Waals surface area (Å²) >= 11 is 0. The molecule has 1 aromatic heterocycles. The number of carbonyl (C=O) groups excluding carboxylic acids is 1. The van der Waals surface area contributed by atoms with E-state index in [2.05, 4.69) is 15.3 Å². The Hall–Kier alpha value is -3.20. The molecule has 1 saturated heterocycles. The van der Waals surface area contributed by atoms with E-state index in [1.54, 1.807) is 6.07 Å². The lowest BCUT2D eigenvalue weighted by molar-refractivity contribution is -0.139. The summed E-state index contributed by atoms with van der Waals surface area (Å²) in [5, 5.41) is 10.5. The predicted octanol–water partition coefficient (Wildman–Crippen LogP) is 2.31. The standard InChI is InChI=1S/C20H20F3N5O3S/c1-2-8-26-19(29)15-10-13(12-28(15)18-7-9-25-17(11-24)27-18)32(30,31)16-6-4-3-5-14(16)20(21,22)23/h3-7,9,13,15H,2,8,10,12H2,1H3,(H,26,29)/t13-,15-/m0/s1. The summed E-state index contributed by atoms with van der Waals surface area (Å²) in [7, 11) is -4.45. The summed E-state index contributed by atoms with van der Waals surface area (Å²) in [4.78, 5) is 21.1. The highest BCUT2D eigenvalue weighted by atomic mass is 32.2. The van der Waals surface area contributed by atoms with Crippen LogP contribution in [0.4, 0.5) is 19.0 Å². The van der Waals surface area contributed by atoms with Crippen molar-refractivity contribution in [3.05, 3.63) is 47.9 Å². The zero-order valence-electron chi connectivity index (χ0n) is 17.0. The van der Waals surface area contributed by atoms with E-state index in [-0.39, 0.29) is 24.6 Å². The molecule has 1 aromatic carbocycles. The highest BCUT2D eigenvalue weighted by Crippen LogP contribution is 2.38. The van der Waals surface area contributed by atoms with Gasteiger partial charge in [-0.25, -0.2) is 18.4 Å². The number of benzene rings is 1. The van der Waals surface area contributed by atoms with Crippen molar-refractivity contribution in [2.45, 2.75) is 42.1 Å². The van der Waals surface area contributed by atoms with E-state index in [1.807, 2.05) is 6.92 Å². The van der Waals surface area contributed by atoms with Gasteiger partial charge in [-0.2, -0.15) is 18.4 Å². The smallest absolute Gasteiger partial charge is 0.354 e. The number of alkyl halides is 3. The van der Waals surface area contributed by atoms with Crippen LogP contribution in [0.15, 0.2) is 41.4 Å². The number of hydrogen-bond donors (Lipinski definition) is 1. The number of halogens is 3. The third-order valence-corrected chi connectivity index (χ3v) is 7.28. The molecule has 1 N–H and O–H groups in total. The molecule has 12 heteroatoms. The molecule has 2 aromatic rings. The van der Waals surface area contributed by atoms with Crippen molar-refractivity contribution < 1.29 is 26.4 Å². The number of nitrogens with zero attached hydrogens (tertiary/aromatic N) is 4. The van der Waals surface area contributed by atoms with Gasteiger partial charge < -0.3 is 10.2 Å². The normalized spacial score (nSPS) is 18.9. The first-order valence-corrected chi connectivity index (χ1v) is 11.3. The minimum Gasteiger partial charge on any atom is -0.354 e. The van der Waals surface area contributed by atoms with Gasteiger partial charge in [0, 0.05) is 19.3 Å². The van der Waals surface area contributed by atoms with Crippen LogP contribution in [-0.4, -0.2) is 48.7 Å². The second kappa shape index (κ2) is 9.12. The molecule has 0 bridgehead atoms. The second-order valence-corrected chi connectivity index (χ2v) is 9.40. The monoisotopic (exact) mass is 467 g/mol. The fourth-order valence-electron chi connectivity index (χ4n) is 3.58. The number of nitriles is 1. The van der Waals surface area contributed by atoms with Crippen LogP contribution in [0.3, 0.4) is 0 Å². The minimum absolute atomic E-state index is 0.148. The van der Waals surface area contributed by atoms with Gasteiger partial charge >= 0.3 is 6.18 Å². The number of anilines is 1. The maximum absolute atomic E-state index is 13.4. The fourth-order valence-corrected chi connectivity index (χ4v) is 5.49. The predicted molar refractivity (Wildman–Crippen MR) is 108 cm³/mol. The fraction of sp³-hybridized carbons (Fsp3) is 0.400. The molecule has 1 amide bonds. The van der Waals surface area contributed by atoms with Crippen molar-refractivity contribution in [3.63, 3.8) is 0 Å². The zero-order chi connectivity index (χ0) is 23.5. The van der Waals surface area contributed by atoms with Crippen LogP contribution in [0.1, 0.15) is 31.2 Å². The van der Waals surface area contributed by atoms with Gasteiger partial charge in [-0.05, 0) is 31.0 Å². The average molecular weight is 467 g/mol. The third-order valence-electron chi connectivity index (χ3n) is 5.09. The van der Waals surface area contributed by atoms with E-state index < -0.39 is 43.7 Å². The van der Waals surface area contributed by atoms with Crippen molar-refractivity contribution in [3.8, 4) is 6.07 Å². The zero-order valence-corrected chi connectivity index (χ0v) is 17.8. The molecule has 1 aliphatic heterocycles. The van der Waals surface area contributed by atoms with Gasteiger partial charge in [0.15, 0.2) is 9.84 Å². The molecule has 0 saturated carbocycles. The van der Waals surface area contributed by atoms with Crippen molar-refractivity contribution in [2.75, 3.05) is 18.0 Å². The van der Waals surface area contributed by atoms with Gasteiger partial charge in [-0.15, -0.1) is 0 Å². The molecule has 1 aliphatic rings. The Bertz CT molecular complexity index is 1150. The quantitative estimate of drug-likeness (QED) is 0.693. The Labute approximate surface area is 183 Å². The lowest BCUT2D eigenvalue weighted by Gasteiger charge is -2.24. The first-order chi connectivity index (χ1) is 15.1. The summed E-state index contributed by atoms with van der Waals surface area (Å²) in [5.74, 6) is -0.496. The van der Waals surface area contributed by atoms with Crippen molar-refractivity contribution in [1.29, 1.82) is 5.26 Å². The number of aromatic nitrogens is 2. The molecule has 2 atom stereocenters. The maximum atomic E-state index is 13.4. The van der Waals surface area contributed by atoms with E-state index in [4.69, 9.17) is 5.26 Å². The number of carbonyl (C=O) groups is 1. The second-order valence-electron chi connectivity index (χ2n) is 7.21. The summed E-state index contributed by atoms with van der Waals surface area (Å²) in [6.07, 6.45) is -3.14. The number of amides is 1. The molecule has 3 rings (SSSR count). The number of nitrogens with one attached hydrogen (secondary N) is 1. The topological polar surface area (TPSA) is 116 Å². The Balaban J connectivity index is 2.02. The van der Waals surface area contributed by atoms with Gasteiger partial charge in [0.05, 0.1) is 15.7 Å². The number of hydrogen-bond acceptors (Lipinski definition) is 7. The lowest BCUT2D eigenvalue weighted by Crippen LogP contribution is -2.44.